The second-order valence-electron chi connectivity index (χ2n) is 2.47. The van der Waals surface area contributed by atoms with Gasteiger partial charge in [-0.25, -0.2) is 4.98 Å². The Morgan fingerprint density at radius 1 is 1.69 bits per heavy atom. The standard InChI is InChI=1S/C7H9N3O3/c1-4(7(12)13)10-6(11)5-8-2-3-9-5/h2-4H,1H3,(H,8,9)(H,10,11)(H,12,13). The SMILES string of the molecule is CC(NC(=O)c1ncc[nH]1)C(=O)O. The Morgan fingerprint density at radius 2 is 2.38 bits per heavy atom. The van der Waals surface area contributed by atoms with Crippen LogP contribution < -0.4 is 5.32 Å². The van der Waals surface area contributed by atoms with E-state index < -0.39 is 17.9 Å². The van der Waals surface area contributed by atoms with E-state index in [4.69, 9.17) is 5.11 Å². The van der Waals surface area contributed by atoms with Crippen LogP contribution in [0.3, 0.4) is 0 Å². The number of rotatable bonds is 3. The first kappa shape index (κ1) is 9.24. The molecule has 13 heavy (non-hydrogen) atoms. The summed E-state index contributed by atoms with van der Waals surface area (Å²) in [4.78, 5) is 27.7. The summed E-state index contributed by atoms with van der Waals surface area (Å²) in [5.74, 6) is -1.51. The molecule has 1 aromatic heterocycles. The molecule has 0 aliphatic rings. The number of hydrogen-bond acceptors (Lipinski definition) is 3. The number of H-pyrrole nitrogens is 1. The first-order chi connectivity index (χ1) is 6.11. The number of aromatic nitrogens is 2. The maximum Gasteiger partial charge on any atom is 0.325 e. The molecule has 0 spiro atoms. The van der Waals surface area contributed by atoms with Crippen molar-refractivity contribution in [1.29, 1.82) is 0 Å². The number of aliphatic carboxylic acids is 1. The Labute approximate surface area is 74.0 Å². The summed E-state index contributed by atoms with van der Waals surface area (Å²) >= 11 is 0. The van der Waals surface area contributed by atoms with Crippen LogP contribution in [0.25, 0.3) is 0 Å². The summed E-state index contributed by atoms with van der Waals surface area (Å²) in [5, 5.41) is 10.7. The molecular weight excluding hydrogens is 174 g/mol. The normalized spacial score (nSPS) is 12.1. The molecule has 3 N–H and O–H groups in total. The molecule has 1 amide bonds. The second kappa shape index (κ2) is 3.70. The zero-order valence-corrected chi connectivity index (χ0v) is 6.94. The van der Waals surface area contributed by atoms with Crippen molar-refractivity contribution in [3.63, 3.8) is 0 Å². The highest BCUT2D eigenvalue weighted by molar-refractivity contribution is 5.93. The van der Waals surface area contributed by atoms with Crippen LogP contribution in [0.2, 0.25) is 0 Å². The topological polar surface area (TPSA) is 95.1 Å². The monoisotopic (exact) mass is 183 g/mol. The van der Waals surface area contributed by atoms with E-state index in [-0.39, 0.29) is 5.82 Å². The van der Waals surface area contributed by atoms with Gasteiger partial charge in [-0.2, -0.15) is 0 Å². The van der Waals surface area contributed by atoms with Gasteiger partial charge in [0.1, 0.15) is 6.04 Å². The van der Waals surface area contributed by atoms with Crippen molar-refractivity contribution in [1.82, 2.24) is 15.3 Å². The van der Waals surface area contributed by atoms with Gasteiger partial charge in [-0.15, -0.1) is 0 Å². The summed E-state index contributed by atoms with van der Waals surface area (Å²) in [7, 11) is 0. The maximum absolute atomic E-state index is 11.2. The highest BCUT2D eigenvalue weighted by Gasteiger charge is 2.16. The zero-order chi connectivity index (χ0) is 9.84. The number of carbonyl (C=O) groups excluding carboxylic acids is 1. The van der Waals surface area contributed by atoms with Gasteiger partial charge < -0.3 is 15.4 Å². The minimum Gasteiger partial charge on any atom is -0.480 e. The lowest BCUT2D eigenvalue weighted by Gasteiger charge is -2.06. The van der Waals surface area contributed by atoms with Crippen LogP contribution in [0.5, 0.6) is 0 Å². The number of nitrogens with zero attached hydrogens (tertiary/aromatic N) is 1. The van der Waals surface area contributed by atoms with E-state index in [1.807, 2.05) is 0 Å². The highest BCUT2D eigenvalue weighted by atomic mass is 16.4. The minimum atomic E-state index is -1.08. The Bertz CT molecular complexity index is 307. The molecular formula is C7H9N3O3. The fourth-order valence-electron chi connectivity index (χ4n) is 0.716. The summed E-state index contributed by atoms with van der Waals surface area (Å²) in [6.07, 6.45) is 2.90. The van der Waals surface area contributed by atoms with E-state index in [0.717, 1.165) is 0 Å². The first-order valence-electron chi connectivity index (χ1n) is 3.64. The van der Waals surface area contributed by atoms with Crippen molar-refractivity contribution >= 4 is 11.9 Å². The van der Waals surface area contributed by atoms with Crippen molar-refractivity contribution in [2.45, 2.75) is 13.0 Å². The van der Waals surface area contributed by atoms with Crippen molar-refractivity contribution in [2.75, 3.05) is 0 Å². The lowest BCUT2D eigenvalue weighted by atomic mass is 10.3. The first-order valence-corrected chi connectivity index (χ1v) is 3.64. The molecule has 1 atom stereocenters. The van der Waals surface area contributed by atoms with E-state index in [1.165, 1.54) is 19.3 Å². The van der Waals surface area contributed by atoms with Gasteiger partial charge in [0.15, 0.2) is 5.82 Å². The van der Waals surface area contributed by atoms with Crippen LogP contribution in [-0.4, -0.2) is 33.0 Å². The summed E-state index contributed by atoms with van der Waals surface area (Å²) in [5.41, 5.74) is 0. The third kappa shape index (κ3) is 2.29. The molecule has 6 heteroatoms. The Balaban J connectivity index is 2.56. The van der Waals surface area contributed by atoms with Crippen LogP contribution in [0, 0.1) is 0 Å². The van der Waals surface area contributed by atoms with E-state index in [1.54, 1.807) is 0 Å². The number of aromatic amines is 1. The number of carboxylic acids is 1. The lowest BCUT2D eigenvalue weighted by Crippen LogP contribution is -2.38. The largest absolute Gasteiger partial charge is 0.480 e. The maximum atomic E-state index is 11.2. The average Bonchev–Trinajstić information content (AvgIpc) is 2.55. The third-order valence-corrected chi connectivity index (χ3v) is 1.43. The van der Waals surface area contributed by atoms with Crippen LogP contribution in [-0.2, 0) is 4.79 Å². The number of nitrogens with one attached hydrogen (secondary N) is 2. The average molecular weight is 183 g/mol. The molecule has 0 aliphatic carbocycles. The molecule has 1 rings (SSSR count). The fourth-order valence-corrected chi connectivity index (χ4v) is 0.716. The minimum absolute atomic E-state index is 0.105. The summed E-state index contributed by atoms with van der Waals surface area (Å²) < 4.78 is 0. The van der Waals surface area contributed by atoms with Crippen molar-refractivity contribution in [3.8, 4) is 0 Å². The highest BCUT2D eigenvalue weighted by Crippen LogP contribution is 1.90. The predicted octanol–water partition coefficient (Wildman–Crippen LogP) is -0.387. The number of carboxylic acid groups (broad SMARTS) is 1. The van der Waals surface area contributed by atoms with Crippen molar-refractivity contribution < 1.29 is 14.7 Å². The molecule has 0 saturated carbocycles. The van der Waals surface area contributed by atoms with Gasteiger partial charge in [0.25, 0.3) is 5.91 Å². The number of carbonyl (C=O) groups is 2. The van der Waals surface area contributed by atoms with Gasteiger partial charge in [0, 0.05) is 12.4 Å². The molecule has 1 unspecified atom stereocenters. The molecule has 70 valence electrons. The molecule has 0 fully saturated rings. The van der Waals surface area contributed by atoms with Crippen LogP contribution in [0.4, 0.5) is 0 Å². The smallest absolute Gasteiger partial charge is 0.325 e. The number of imidazole rings is 1. The quantitative estimate of drug-likeness (QED) is 0.594. The molecule has 1 heterocycles. The van der Waals surface area contributed by atoms with E-state index in [0.29, 0.717) is 0 Å². The van der Waals surface area contributed by atoms with E-state index >= 15 is 0 Å². The van der Waals surface area contributed by atoms with Crippen molar-refractivity contribution in [2.24, 2.45) is 0 Å². The Kier molecular flexibility index (Phi) is 2.63. The molecule has 0 bridgehead atoms. The molecule has 0 aliphatic heterocycles. The van der Waals surface area contributed by atoms with E-state index in [2.05, 4.69) is 15.3 Å². The third-order valence-electron chi connectivity index (χ3n) is 1.43. The van der Waals surface area contributed by atoms with Gasteiger partial charge in [-0.3, -0.25) is 9.59 Å². The number of amides is 1. The molecule has 1 aromatic rings. The van der Waals surface area contributed by atoms with Gasteiger partial charge in [-0.1, -0.05) is 0 Å². The molecule has 6 nitrogen and oxygen atoms in total. The Morgan fingerprint density at radius 3 is 2.85 bits per heavy atom. The van der Waals surface area contributed by atoms with Crippen LogP contribution >= 0.6 is 0 Å². The second-order valence-corrected chi connectivity index (χ2v) is 2.47. The summed E-state index contributed by atoms with van der Waals surface area (Å²) in [6, 6.07) is -0.919. The molecule has 0 aromatic carbocycles. The lowest BCUT2D eigenvalue weighted by molar-refractivity contribution is -0.138. The predicted molar refractivity (Wildman–Crippen MR) is 43.2 cm³/mol. The Hall–Kier alpha value is -1.85. The van der Waals surface area contributed by atoms with Crippen molar-refractivity contribution in [3.05, 3.63) is 18.2 Å². The van der Waals surface area contributed by atoms with Crippen LogP contribution in [0.15, 0.2) is 12.4 Å². The fraction of sp³-hybridized carbons (Fsp3) is 0.286. The summed E-state index contributed by atoms with van der Waals surface area (Å²) in [6.45, 7) is 1.38. The molecule has 0 radical (unpaired) electrons. The van der Waals surface area contributed by atoms with Gasteiger partial charge in [0.05, 0.1) is 0 Å². The van der Waals surface area contributed by atoms with E-state index in [9.17, 15) is 9.59 Å². The van der Waals surface area contributed by atoms with Gasteiger partial charge in [-0.05, 0) is 6.92 Å². The number of hydrogen-bond donors (Lipinski definition) is 3. The van der Waals surface area contributed by atoms with Gasteiger partial charge >= 0.3 is 5.97 Å². The van der Waals surface area contributed by atoms with Crippen LogP contribution in [0.1, 0.15) is 17.5 Å². The zero-order valence-electron chi connectivity index (χ0n) is 6.94. The molecule has 0 saturated heterocycles. The van der Waals surface area contributed by atoms with Gasteiger partial charge in [0.2, 0.25) is 0 Å².